The maximum atomic E-state index is 12.9. The van der Waals surface area contributed by atoms with E-state index in [4.69, 9.17) is 0 Å². The molecule has 1 aromatic carbocycles. The summed E-state index contributed by atoms with van der Waals surface area (Å²) in [5, 5.41) is 4.48. The smallest absolute Gasteiger partial charge is 0.182 e. The zero-order valence-electron chi connectivity index (χ0n) is 11.9. The van der Waals surface area contributed by atoms with E-state index in [1.165, 1.54) is 0 Å². The van der Waals surface area contributed by atoms with Gasteiger partial charge in [0, 0.05) is 17.1 Å². The largest absolute Gasteiger partial charge is 0.305 e. The Hall–Kier alpha value is -1.74. The van der Waals surface area contributed by atoms with Gasteiger partial charge in [0.05, 0.1) is 11.1 Å². The predicted octanol–water partition coefficient (Wildman–Crippen LogP) is 3.34. The van der Waals surface area contributed by atoms with Crippen LogP contribution in [0.15, 0.2) is 36.5 Å². The molecular formula is C17H20N2O. The minimum atomic E-state index is -0.343. The molecule has 1 aliphatic rings. The lowest BCUT2D eigenvalue weighted by Crippen LogP contribution is -2.47. The lowest BCUT2D eigenvalue weighted by atomic mass is 9.83. The quantitative estimate of drug-likeness (QED) is 0.865. The number of benzene rings is 1. The highest BCUT2D eigenvalue weighted by Gasteiger charge is 2.40. The normalized spacial score (nSPS) is 22.2. The lowest BCUT2D eigenvalue weighted by Gasteiger charge is -2.27. The van der Waals surface area contributed by atoms with E-state index in [1.54, 1.807) is 6.20 Å². The lowest BCUT2D eigenvalue weighted by molar-refractivity contribution is 0.0858. The van der Waals surface area contributed by atoms with Gasteiger partial charge < -0.3 is 5.32 Å². The number of hydrogen-bond acceptors (Lipinski definition) is 3. The van der Waals surface area contributed by atoms with Crippen LogP contribution in [0.4, 0.5) is 0 Å². The van der Waals surface area contributed by atoms with Crippen LogP contribution in [0.25, 0.3) is 10.9 Å². The van der Waals surface area contributed by atoms with Gasteiger partial charge >= 0.3 is 0 Å². The Balaban J connectivity index is 1.98. The third-order valence-corrected chi connectivity index (χ3v) is 4.22. The van der Waals surface area contributed by atoms with Crippen molar-refractivity contribution in [1.29, 1.82) is 0 Å². The molecule has 1 N–H and O–H groups in total. The molecule has 0 aliphatic carbocycles. The first kappa shape index (κ1) is 13.3. The number of ketones is 1. The zero-order chi connectivity index (χ0) is 14.0. The van der Waals surface area contributed by atoms with E-state index in [0.29, 0.717) is 0 Å². The average Bonchev–Trinajstić information content (AvgIpc) is 2.96. The monoisotopic (exact) mass is 268 g/mol. The molecular weight excluding hydrogens is 248 g/mol. The van der Waals surface area contributed by atoms with Crippen molar-refractivity contribution in [3.63, 3.8) is 0 Å². The third kappa shape index (κ3) is 2.22. The van der Waals surface area contributed by atoms with Crippen molar-refractivity contribution in [2.75, 3.05) is 6.54 Å². The molecule has 0 saturated carbocycles. The highest BCUT2D eigenvalue weighted by Crippen LogP contribution is 2.29. The summed E-state index contributed by atoms with van der Waals surface area (Å²) in [6.45, 7) is 3.08. The number of nitrogens with one attached hydrogen (secondary N) is 1. The molecule has 1 unspecified atom stereocenters. The Bertz CT molecular complexity index is 630. The Morgan fingerprint density at radius 2 is 2.30 bits per heavy atom. The van der Waals surface area contributed by atoms with Crippen LogP contribution in [0.3, 0.4) is 0 Å². The van der Waals surface area contributed by atoms with Gasteiger partial charge in [-0.3, -0.25) is 9.78 Å². The van der Waals surface area contributed by atoms with E-state index in [9.17, 15) is 4.79 Å². The molecule has 1 saturated heterocycles. The van der Waals surface area contributed by atoms with Gasteiger partial charge in [0.25, 0.3) is 0 Å². The summed E-state index contributed by atoms with van der Waals surface area (Å²) in [5.74, 6) is 0.239. The summed E-state index contributed by atoms with van der Waals surface area (Å²) < 4.78 is 0. The molecule has 1 atom stereocenters. The molecule has 20 heavy (non-hydrogen) atoms. The van der Waals surface area contributed by atoms with Gasteiger partial charge in [0.15, 0.2) is 5.78 Å². The van der Waals surface area contributed by atoms with E-state index in [0.717, 1.165) is 48.7 Å². The number of rotatable bonds is 4. The number of carbonyl (C=O) groups is 1. The number of carbonyl (C=O) groups excluding carboxylic acids is 1. The minimum Gasteiger partial charge on any atom is -0.305 e. The van der Waals surface area contributed by atoms with Gasteiger partial charge in [-0.15, -0.1) is 0 Å². The Labute approximate surface area is 119 Å². The maximum absolute atomic E-state index is 12.9. The Morgan fingerprint density at radius 3 is 3.05 bits per heavy atom. The van der Waals surface area contributed by atoms with Crippen LogP contribution in [0, 0.1) is 0 Å². The summed E-state index contributed by atoms with van der Waals surface area (Å²) in [4.78, 5) is 17.2. The summed E-state index contributed by atoms with van der Waals surface area (Å²) >= 11 is 0. The summed E-state index contributed by atoms with van der Waals surface area (Å²) in [6, 6.07) is 9.74. The molecule has 2 aromatic rings. The summed E-state index contributed by atoms with van der Waals surface area (Å²) in [7, 11) is 0. The third-order valence-electron chi connectivity index (χ3n) is 4.22. The molecule has 0 radical (unpaired) electrons. The van der Waals surface area contributed by atoms with E-state index in [-0.39, 0.29) is 11.3 Å². The molecule has 0 amide bonds. The molecule has 104 valence electrons. The van der Waals surface area contributed by atoms with Gasteiger partial charge in [0.2, 0.25) is 0 Å². The van der Waals surface area contributed by atoms with E-state index < -0.39 is 0 Å². The van der Waals surface area contributed by atoms with Gasteiger partial charge in [-0.05, 0) is 50.1 Å². The van der Waals surface area contributed by atoms with Crippen molar-refractivity contribution in [1.82, 2.24) is 10.3 Å². The highest BCUT2D eigenvalue weighted by molar-refractivity contribution is 6.05. The summed E-state index contributed by atoms with van der Waals surface area (Å²) in [6.07, 6.45) is 5.75. The predicted molar refractivity (Wildman–Crippen MR) is 80.9 cm³/mol. The zero-order valence-corrected chi connectivity index (χ0v) is 11.9. The minimum absolute atomic E-state index is 0.239. The van der Waals surface area contributed by atoms with Gasteiger partial charge in [-0.1, -0.05) is 19.4 Å². The number of nitrogens with zero attached hydrogens (tertiary/aromatic N) is 1. The van der Waals surface area contributed by atoms with Crippen LogP contribution in [0.1, 0.15) is 43.0 Å². The molecule has 1 aliphatic heterocycles. The van der Waals surface area contributed by atoms with Gasteiger partial charge in [-0.2, -0.15) is 0 Å². The molecule has 0 bridgehead atoms. The SMILES string of the molecule is CCCC1(C(=O)c2ccc3ncccc3c2)CCCN1. The molecule has 2 heterocycles. The van der Waals surface area contributed by atoms with Crippen molar-refractivity contribution in [3.05, 3.63) is 42.1 Å². The van der Waals surface area contributed by atoms with Crippen molar-refractivity contribution < 1.29 is 4.79 Å². The molecule has 3 heteroatoms. The van der Waals surface area contributed by atoms with Crippen LogP contribution in [-0.4, -0.2) is 22.9 Å². The van der Waals surface area contributed by atoms with Crippen molar-refractivity contribution in [2.45, 2.75) is 38.1 Å². The van der Waals surface area contributed by atoms with Crippen molar-refractivity contribution in [2.24, 2.45) is 0 Å². The fourth-order valence-electron chi connectivity index (χ4n) is 3.25. The molecule has 3 rings (SSSR count). The van der Waals surface area contributed by atoms with Crippen LogP contribution in [-0.2, 0) is 0 Å². The fourth-order valence-corrected chi connectivity index (χ4v) is 3.25. The van der Waals surface area contributed by atoms with Crippen LogP contribution >= 0.6 is 0 Å². The molecule has 0 spiro atoms. The molecule has 1 fully saturated rings. The van der Waals surface area contributed by atoms with E-state index in [1.807, 2.05) is 30.3 Å². The van der Waals surface area contributed by atoms with Crippen molar-refractivity contribution >= 4 is 16.7 Å². The number of Topliss-reactive ketones (excluding diaryl/α,β-unsaturated/α-hetero) is 1. The molecule has 1 aromatic heterocycles. The van der Waals surface area contributed by atoms with E-state index in [2.05, 4.69) is 17.2 Å². The standard InChI is InChI=1S/C17H20N2O/c1-2-8-17(9-4-11-19-17)16(20)14-6-7-15-13(12-14)5-3-10-18-15/h3,5-7,10,12,19H,2,4,8-9,11H2,1H3. The van der Waals surface area contributed by atoms with Crippen molar-refractivity contribution in [3.8, 4) is 0 Å². The average molecular weight is 268 g/mol. The molecule has 3 nitrogen and oxygen atoms in total. The van der Waals surface area contributed by atoms with Crippen LogP contribution in [0.5, 0.6) is 0 Å². The van der Waals surface area contributed by atoms with E-state index >= 15 is 0 Å². The number of aromatic nitrogens is 1. The maximum Gasteiger partial charge on any atom is 0.182 e. The van der Waals surface area contributed by atoms with Crippen LogP contribution < -0.4 is 5.32 Å². The first-order valence-corrected chi connectivity index (χ1v) is 7.40. The Kier molecular flexibility index (Phi) is 3.53. The highest BCUT2D eigenvalue weighted by atomic mass is 16.1. The Morgan fingerprint density at radius 1 is 1.40 bits per heavy atom. The second-order valence-electron chi connectivity index (χ2n) is 5.60. The fraction of sp³-hybridized carbons (Fsp3) is 0.412. The second kappa shape index (κ2) is 5.33. The van der Waals surface area contributed by atoms with Crippen LogP contribution in [0.2, 0.25) is 0 Å². The van der Waals surface area contributed by atoms with Gasteiger partial charge in [0.1, 0.15) is 0 Å². The number of hydrogen-bond donors (Lipinski definition) is 1. The topological polar surface area (TPSA) is 42.0 Å². The number of fused-ring (bicyclic) bond motifs is 1. The van der Waals surface area contributed by atoms with Gasteiger partial charge in [-0.25, -0.2) is 0 Å². The summed E-state index contributed by atoms with van der Waals surface area (Å²) in [5.41, 5.74) is 1.39. The first-order chi connectivity index (χ1) is 9.75. The second-order valence-corrected chi connectivity index (χ2v) is 5.60. The number of pyridine rings is 1. The first-order valence-electron chi connectivity index (χ1n) is 7.40.